The molecule has 0 bridgehead atoms. The van der Waals surface area contributed by atoms with Gasteiger partial charge in [0.15, 0.2) is 17.5 Å². The smallest absolute Gasteiger partial charge is 0.167 e. The molecule has 0 aliphatic carbocycles. The van der Waals surface area contributed by atoms with Crippen molar-refractivity contribution in [2.24, 2.45) is 0 Å². The zero-order chi connectivity index (χ0) is 37.0. The lowest BCUT2D eigenvalue weighted by Crippen LogP contribution is -2.00. The molecule has 262 valence electrons. The van der Waals surface area contributed by atoms with Crippen LogP contribution in [0.4, 0.5) is 0 Å². The van der Waals surface area contributed by atoms with Crippen LogP contribution in [-0.4, -0.2) is 15.0 Å². The third-order valence-electron chi connectivity index (χ3n) is 10.5. The van der Waals surface area contributed by atoms with Crippen LogP contribution in [0.1, 0.15) is 0 Å². The molecule has 0 fully saturated rings. The van der Waals surface area contributed by atoms with Gasteiger partial charge in [-0.2, -0.15) is 0 Å². The molecule has 0 atom stereocenters. The largest absolute Gasteiger partial charge is 0.455 e. The van der Waals surface area contributed by atoms with Crippen LogP contribution < -0.4 is 0 Å². The molecule has 0 N–H and O–H groups in total. The minimum atomic E-state index is 0.569. The van der Waals surface area contributed by atoms with Gasteiger partial charge >= 0.3 is 0 Å². The molecule has 0 aliphatic rings. The number of furan rings is 1. The third kappa shape index (κ3) is 5.48. The zero-order valence-electron chi connectivity index (χ0n) is 30.1. The normalized spacial score (nSPS) is 11.6. The Morgan fingerprint density at radius 1 is 0.339 bits per heavy atom. The lowest BCUT2D eigenvalue weighted by atomic mass is 9.91. The van der Waals surface area contributed by atoms with Crippen molar-refractivity contribution in [2.75, 3.05) is 0 Å². The number of benzene rings is 8. The SMILES string of the molecule is c1ccc(-c2nc(-c3ccccc3)nc(-c3cccc4c3oc3ccc(-c5cc(-c6ccccc6-c6ccccc6)cc6c5sc5ccccc56)cc34)n2)cc1. The molecule has 3 aromatic heterocycles. The molecule has 0 saturated carbocycles. The predicted octanol–water partition coefficient (Wildman–Crippen LogP) is 14.1. The molecule has 0 saturated heterocycles. The van der Waals surface area contributed by atoms with E-state index in [-0.39, 0.29) is 0 Å². The maximum atomic E-state index is 6.72. The Hall–Kier alpha value is -7.21. The highest BCUT2D eigenvalue weighted by molar-refractivity contribution is 7.26. The number of rotatable bonds is 6. The number of aromatic nitrogens is 3. The first-order chi connectivity index (χ1) is 27.7. The van der Waals surface area contributed by atoms with Gasteiger partial charge in [0.1, 0.15) is 11.2 Å². The first-order valence-corrected chi connectivity index (χ1v) is 19.5. The first-order valence-electron chi connectivity index (χ1n) is 18.7. The van der Waals surface area contributed by atoms with Gasteiger partial charge in [-0.15, -0.1) is 11.3 Å². The molecule has 11 aromatic rings. The maximum absolute atomic E-state index is 6.72. The van der Waals surface area contributed by atoms with Crippen molar-refractivity contribution in [3.63, 3.8) is 0 Å². The van der Waals surface area contributed by atoms with Gasteiger partial charge in [0.2, 0.25) is 0 Å². The summed E-state index contributed by atoms with van der Waals surface area (Å²) in [5.74, 6) is 1.80. The fraction of sp³-hybridized carbons (Fsp3) is 0. The molecule has 0 aliphatic heterocycles. The Bertz CT molecular complexity index is 3180. The van der Waals surface area contributed by atoms with Gasteiger partial charge in [-0.25, -0.2) is 15.0 Å². The van der Waals surface area contributed by atoms with E-state index < -0.39 is 0 Å². The van der Waals surface area contributed by atoms with Gasteiger partial charge in [-0.1, -0.05) is 152 Å². The minimum Gasteiger partial charge on any atom is -0.455 e. The standard InChI is InChI=1S/C51H31N3OS/c1-4-15-32(16-5-1)37-21-10-11-22-38(37)36-30-42(48-44(31-36)39-23-12-13-26-46(39)56-48)35-27-28-45-43(29-35)40-24-14-25-41(47(40)55-45)51-53-49(33-17-6-2-7-18-33)52-50(54-51)34-19-8-3-9-20-34/h1-31H. The Balaban J connectivity index is 1.11. The van der Waals surface area contributed by atoms with Gasteiger partial charge in [0.25, 0.3) is 0 Å². The second-order valence-corrected chi connectivity index (χ2v) is 15.0. The molecule has 56 heavy (non-hydrogen) atoms. The Morgan fingerprint density at radius 2 is 0.893 bits per heavy atom. The van der Waals surface area contributed by atoms with Gasteiger partial charge < -0.3 is 4.42 Å². The molecular formula is C51H31N3OS. The quantitative estimate of drug-likeness (QED) is 0.171. The van der Waals surface area contributed by atoms with Crippen molar-refractivity contribution in [3.05, 3.63) is 188 Å². The molecule has 3 heterocycles. The molecule has 0 radical (unpaired) electrons. The first kappa shape index (κ1) is 32.2. The van der Waals surface area contributed by atoms with Crippen LogP contribution in [0.5, 0.6) is 0 Å². The van der Waals surface area contributed by atoms with E-state index in [0.29, 0.717) is 17.5 Å². The molecule has 11 rings (SSSR count). The molecular weight excluding hydrogens is 703 g/mol. The molecule has 8 aromatic carbocycles. The Kier molecular flexibility index (Phi) is 7.64. The van der Waals surface area contributed by atoms with E-state index in [1.165, 1.54) is 48.0 Å². The fourth-order valence-electron chi connectivity index (χ4n) is 7.87. The highest BCUT2D eigenvalue weighted by Crippen LogP contribution is 2.45. The van der Waals surface area contributed by atoms with Crippen LogP contribution >= 0.6 is 11.3 Å². The number of thiophene rings is 1. The van der Waals surface area contributed by atoms with Gasteiger partial charge in [-0.05, 0) is 64.2 Å². The van der Waals surface area contributed by atoms with E-state index in [1.54, 1.807) is 0 Å². The highest BCUT2D eigenvalue weighted by Gasteiger charge is 2.20. The molecule has 0 amide bonds. The summed E-state index contributed by atoms with van der Waals surface area (Å²) in [7, 11) is 0. The summed E-state index contributed by atoms with van der Waals surface area (Å²) in [5, 5.41) is 4.60. The maximum Gasteiger partial charge on any atom is 0.167 e. The summed E-state index contributed by atoms with van der Waals surface area (Å²) in [4.78, 5) is 15.0. The summed E-state index contributed by atoms with van der Waals surface area (Å²) in [5.41, 5.74) is 11.4. The lowest BCUT2D eigenvalue weighted by Gasteiger charge is -2.13. The average Bonchev–Trinajstić information content (AvgIpc) is 3.85. The lowest BCUT2D eigenvalue weighted by molar-refractivity contribution is 0.669. The van der Waals surface area contributed by atoms with Gasteiger partial charge in [0, 0.05) is 47.6 Å². The van der Waals surface area contributed by atoms with Crippen LogP contribution in [0.2, 0.25) is 0 Å². The Morgan fingerprint density at radius 3 is 1.61 bits per heavy atom. The van der Waals surface area contributed by atoms with Crippen molar-refractivity contribution in [2.45, 2.75) is 0 Å². The van der Waals surface area contributed by atoms with Crippen molar-refractivity contribution in [1.29, 1.82) is 0 Å². The summed E-state index contributed by atoms with van der Waals surface area (Å²) >= 11 is 1.85. The number of para-hydroxylation sites is 1. The monoisotopic (exact) mass is 733 g/mol. The van der Waals surface area contributed by atoms with Crippen molar-refractivity contribution >= 4 is 53.4 Å². The minimum absolute atomic E-state index is 0.569. The molecule has 0 spiro atoms. The number of fused-ring (bicyclic) bond motifs is 6. The van der Waals surface area contributed by atoms with Crippen LogP contribution in [0.3, 0.4) is 0 Å². The Labute approximate surface area is 327 Å². The average molecular weight is 734 g/mol. The topological polar surface area (TPSA) is 51.8 Å². The van der Waals surface area contributed by atoms with Crippen molar-refractivity contribution in [1.82, 2.24) is 15.0 Å². The van der Waals surface area contributed by atoms with E-state index in [4.69, 9.17) is 19.4 Å². The second-order valence-electron chi connectivity index (χ2n) is 13.9. The van der Waals surface area contributed by atoms with Gasteiger partial charge in [-0.3, -0.25) is 0 Å². The number of nitrogens with zero attached hydrogens (tertiary/aromatic N) is 3. The number of hydrogen-bond donors (Lipinski definition) is 0. The van der Waals surface area contributed by atoms with Crippen LogP contribution in [0, 0.1) is 0 Å². The van der Waals surface area contributed by atoms with Crippen molar-refractivity contribution in [3.8, 4) is 67.5 Å². The van der Waals surface area contributed by atoms with Crippen molar-refractivity contribution < 1.29 is 4.42 Å². The van der Waals surface area contributed by atoms with E-state index >= 15 is 0 Å². The van der Waals surface area contributed by atoms with E-state index in [2.05, 4.69) is 121 Å². The summed E-state index contributed by atoms with van der Waals surface area (Å²) < 4.78 is 9.26. The molecule has 5 heteroatoms. The molecule has 4 nitrogen and oxygen atoms in total. The van der Waals surface area contributed by atoms with E-state index in [1.807, 2.05) is 78.1 Å². The van der Waals surface area contributed by atoms with Gasteiger partial charge in [0.05, 0.1) is 5.56 Å². The van der Waals surface area contributed by atoms with Crippen LogP contribution in [0.25, 0.3) is 110 Å². The van der Waals surface area contributed by atoms with Crippen LogP contribution in [0.15, 0.2) is 192 Å². The number of hydrogen-bond acceptors (Lipinski definition) is 5. The summed E-state index contributed by atoms with van der Waals surface area (Å²) in [6.45, 7) is 0. The molecule has 0 unspecified atom stereocenters. The second kappa shape index (κ2) is 13.3. The summed E-state index contributed by atoms with van der Waals surface area (Å²) in [6.07, 6.45) is 0. The zero-order valence-corrected chi connectivity index (χ0v) is 30.9. The van der Waals surface area contributed by atoms with Crippen LogP contribution in [-0.2, 0) is 0 Å². The summed E-state index contributed by atoms with van der Waals surface area (Å²) in [6, 6.07) is 65.8. The highest BCUT2D eigenvalue weighted by atomic mass is 32.1. The fourth-order valence-corrected chi connectivity index (χ4v) is 9.09. The van der Waals surface area contributed by atoms with E-state index in [0.717, 1.165) is 44.2 Å². The predicted molar refractivity (Wildman–Crippen MR) is 233 cm³/mol. The third-order valence-corrected chi connectivity index (χ3v) is 11.8. The van der Waals surface area contributed by atoms with E-state index in [9.17, 15) is 0 Å².